The lowest BCUT2D eigenvalue weighted by molar-refractivity contribution is -0.149. The first-order valence-electron chi connectivity index (χ1n) is 12.1. The lowest BCUT2D eigenvalue weighted by atomic mass is 10.0. The number of fused-ring (bicyclic) bond motifs is 1. The Kier molecular flexibility index (Phi) is 10.8. The van der Waals surface area contributed by atoms with E-state index in [0.717, 1.165) is 16.2 Å². The van der Waals surface area contributed by atoms with Gasteiger partial charge in [-0.1, -0.05) is 12.1 Å². The largest absolute Gasteiger partial charge is 0.541 e. The molecule has 20 heteroatoms. The van der Waals surface area contributed by atoms with Crippen LogP contribution in [0.25, 0.3) is 0 Å². The summed E-state index contributed by atoms with van der Waals surface area (Å²) < 4.78 is 26.5. The fourth-order valence-electron chi connectivity index (χ4n) is 3.72. The predicted molar refractivity (Wildman–Crippen MR) is 151 cm³/mol. The van der Waals surface area contributed by atoms with Crippen molar-refractivity contribution in [3.63, 3.8) is 0 Å². The molecule has 2 N–H and O–H groups in total. The third-order valence-corrected chi connectivity index (χ3v) is 8.28. The van der Waals surface area contributed by atoms with Crippen molar-refractivity contribution < 1.29 is 47.1 Å². The van der Waals surface area contributed by atoms with E-state index in [9.17, 15) is 28.2 Å². The topological polar surface area (TPSA) is 192 Å². The van der Waals surface area contributed by atoms with Gasteiger partial charge in [0, 0.05) is 11.3 Å². The molecular formula is C22H24B2ClN5O10S2. The molecule has 1 unspecified atom stereocenters. The summed E-state index contributed by atoms with van der Waals surface area (Å²) in [5.74, 6) is -4.26. The van der Waals surface area contributed by atoms with E-state index >= 15 is 0 Å². The van der Waals surface area contributed by atoms with Crippen LogP contribution in [0.1, 0.15) is 39.8 Å². The molecule has 1 fully saturated rings. The number of hydrogen-bond acceptors (Lipinski definition) is 13. The molecule has 3 heterocycles. The standard InChI is InChI=1S/C22H24B2ClN5O10S2/c1-5-11(18(33)38-23)40-29-12(10-7-41-20(26-10)28-21(35)37-22(2,3)4)15(31)27-13-16(32)30-14(19(34)39-24)9(6-25)8-42(36)17(13)30/h7,11,13,17H,5-6,8H2,1-4H3,(H,27,31)(H,26,28,35)/b29-12-/t11-,13-,17-,42?/m1/s1. The summed E-state index contributed by atoms with van der Waals surface area (Å²) >= 11 is 6.78. The Morgan fingerprint density at radius 3 is 2.55 bits per heavy atom. The van der Waals surface area contributed by atoms with Crippen LogP contribution < -0.4 is 10.6 Å². The normalized spacial score (nSPS) is 21.0. The summed E-state index contributed by atoms with van der Waals surface area (Å²) in [4.78, 5) is 72.9. The Balaban J connectivity index is 1.89. The van der Waals surface area contributed by atoms with Gasteiger partial charge in [0.15, 0.2) is 10.8 Å². The number of hydrogen-bond donors (Lipinski definition) is 2. The van der Waals surface area contributed by atoms with Crippen molar-refractivity contribution in [3.8, 4) is 0 Å². The Hall–Kier alpha value is -3.44. The van der Waals surface area contributed by atoms with Gasteiger partial charge >= 0.3 is 34.1 Å². The van der Waals surface area contributed by atoms with Gasteiger partial charge in [-0.3, -0.25) is 24.0 Å². The van der Waals surface area contributed by atoms with E-state index in [2.05, 4.69) is 30.1 Å². The zero-order valence-electron chi connectivity index (χ0n) is 22.7. The summed E-state index contributed by atoms with van der Waals surface area (Å²) in [7, 11) is 8.14. The second-order valence-corrected chi connectivity index (χ2v) is 12.3. The van der Waals surface area contributed by atoms with Crippen molar-refractivity contribution in [2.45, 2.75) is 57.2 Å². The lowest BCUT2D eigenvalue weighted by Gasteiger charge is -2.49. The first-order chi connectivity index (χ1) is 19.8. The third kappa shape index (κ3) is 7.30. The average molecular weight is 640 g/mol. The number of nitrogens with zero attached hydrogens (tertiary/aromatic N) is 3. The van der Waals surface area contributed by atoms with Gasteiger partial charge in [0.05, 0.1) is 16.6 Å². The number of halogens is 1. The molecule has 15 nitrogen and oxygen atoms in total. The van der Waals surface area contributed by atoms with Crippen molar-refractivity contribution in [1.29, 1.82) is 0 Å². The molecule has 0 aliphatic carbocycles. The van der Waals surface area contributed by atoms with Gasteiger partial charge in [-0.2, -0.15) is 0 Å². The molecule has 3 amide bonds. The first-order valence-corrected chi connectivity index (χ1v) is 14.9. The molecule has 3 rings (SSSR count). The van der Waals surface area contributed by atoms with Crippen LogP contribution in [0.2, 0.25) is 0 Å². The van der Waals surface area contributed by atoms with Crippen LogP contribution in [0.15, 0.2) is 21.8 Å². The number of β-lactam (4-membered cyclic amide) rings is 1. The summed E-state index contributed by atoms with van der Waals surface area (Å²) in [6.45, 7) is 6.56. The monoisotopic (exact) mass is 639 g/mol. The predicted octanol–water partition coefficient (Wildman–Crippen LogP) is 0.151. The number of carbonyl (C=O) groups is 5. The molecule has 0 bridgehead atoms. The Morgan fingerprint density at radius 1 is 1.29 bits per heavy atom. The lowest BCUT2D eigenvalue weighted by Crippen LogP contribution is -2.74. The highest BCUT2D eigenvalue weighted by Crippen LogP contribution is 2.35. The number of rotatable bonds is 10. The summed E-state index contributed by atoms with van der Waals surface area (Å²) in [6.07, 6.45) is -2.05. The van der Waals surface area contributed by atoms with Crippen molar-refractivity contribution >= 4 is 90.5 Å². The molecule has 0 aromatic carbocycles. The summed E-state index contributed by atoms with van der Waals surface area (Å²) in [5, 5.41) is 8.80. The maximum Gasteiger partial charge on any atom is 0.413 e. The van der Waals surface area contributed by atoms with E-state index in [0.29, 0.717) is 0 Å². The van der Waals surface area contributed by atoms with E-state index in [1.54, 1.807) is 27.7 Å². The zero-order chi connectivity index (χ0) is 31.4. The fourth-order valence-corrected chi connectivity index (χ4v) is 6.42. The molecule has 222 valence electrons. The molecule has 1 saturated heterocycles. The minimum absolute atomic E-state index is 0.0242. The fraction of sp³-hybridized carbons (Fsp3) is 0.500. The number of thiazole rings is 1. The average Bonchev–Trinajstić information content (AvgIpc) is 3.38. The van der Waals surface area contributed by atoms with E-state index in [1.165, 1.54) is 5.38 Å². The van der Waals surface area contributed by atoms with Crippen molar-refractivity contribution in [3.05, 3.63) is 22.3 Å². The van der Waals surface area contributed by atoms with Gasteiger partial charge in [0.25, 0.3) is 11.8 Å². The highest BCUT2D eigenvalue weighted by Gasteiger charge is 2.57. The minimum atomic E-state index is -1.78. The quantitative estimate of drug-likeness (QED) is 0.116. The van der Waals surface area contributed by atoms with Crippen LogP contribution >= 0.6 is 22.9 Å². The van der Waals surface area contributed by atoms with Gasteiger partial charge in [0.2, 0.25) is 6.10 Å². The van der Waals surface area contributed by atoms with Crippen molar-refractivity contribution in [2.75, 3.05) is 16.9 Å². The van der Waals surface area contributed by atoms with Crippen LogP contribution in [0, 0.1) is 0 Å². The summed E-state index contributed by atoms with van der Waals surface area (Å²) in [6, 6.07) is -1.37. The maximum atomic E-state index is 13.4. The number of carbonyl (C=O) groups excluding carboxylic acids is 5. The second kappa shape index (κ2) is 13.7. The minimum Gasteiger partial charge on any atom is -0.541 e. The summed E-state index contributed by atoms with van der Waals surface area (Å²) in [5.41, 5.74) is -1.50. The Bertz CT molecular complexity index is 1360. The van der Waals surface area contributed by atoms with E-state index in [-0.39, 0.29) is 40.1 Å². The van der Waals surface area contributed by atoms with Crippen LogP contribution in [0.5, 0.6) is 0 Å². The van der Waals surface area contributed by atoms with Gasteiger partial charge in [-0.15, -0.1) is 22.9 Å². The molecule has 0 spiro atoms. The number of nitrogens with one attached hydrogen (secondary N) is 2. The maximum absolute atomic E-state index is 13.4. The molecule has 1 aromatic rings. The third-order valence-electron chi connectivity index (χ3n) is 5.54. The number of ether oxygens (including phenoxy) is 1. The zero-order valence-corrected chi connectivity index (χ0v) is 25.1. The molecule has 2 aliphatic heterocycles. The molecule has 1 aromatic heterocycles. The second-order valence-electron chi connectivity index (χ2n) is 9.61. The highest BCUT2D eigenvalue weighted by molar-refractivity contribution is 7.86. The van der Waals surface area contributed by atoms with Crippen LogP contribution in [0.4, 0.5) is 9.93 Å². The first kappa shape index (κ1) is 33.1. The van der Waals surface area contributed by atoms with Gasteiger partial charge in [-0.25, -0.2) is 19.4 Å². The van der Waals surface area contributed by atoms with Gasteiger partial charge in [-0.05, 0) is 32.8 Å². The van der Waals surface area contributed by atoms with E-state index in [4.69, 9.17) is 37.3 Å². The SMILES string of the molecule is [B]OC(=O)C1=C(CCl)CS(=O)[C@@H]2[C@H](NC(=O)/C(=N\O[C@H](CC)C(=O)O[B])c3csc(NC(=O)OC(C)(C)C)n3)C(=O)N12. The Morgan fingerprint density at radius 2 is 1.98 bits per heavy atom. The van der Waals surface area contributed by atoms with Gasteiger partial charge in [0.1, 0.15) is 28.4 Å². The molecular weight excluding hydrogens is 615 g/mol. The number of alkyl halides is 1. The molecule has 4 atom stereocenters. The Labute approximate surface area is 254 Å². The van der Waals surface area contributed by atoms with Gasteiger partial charge < -0.3 is 24.2 Å². The van der Waals surface area contributed by atoms with E-state index in [1.807, 2.05) is 0 Å². The number of anilines is 1. The van der Waals surface area contributed by atoms with Crippen molar-refractivity contribution in [2.24, 2.45) is 5.16 Å². The van der Waals surface area contributed by atoms with Crippen LogP contribution in [0.3, 0.4) is 0 Å². The van der Waals surface area contributed by atoms with E-state index < -0.39 is 69.5 Å². The highest BCUT2D eigenvalue weighted by atomic mass is 35.5. The number of oxime groups is 1. The smallest absolute Gasteiger partial charge is 0.413 e. The molecule has 42 heavy (non-hydrogen) atoms. The molecule has 2 aliphatic rings. The van der Waals surface area contributed by atoms with Crippen LogP contribution in [-0.4, -0.2) is 101 Å². The van der Waals surface area contributed by atoms with Crippen LogP contribution in [-0.2, 0) is 48.9 Å². The number of aromatic nitrogens is 1. The number of amides is 3. The molecule has 4 radical (unpaired) electrons. The van der Waals surface area contributed by atoms with Crippen molar-refractivity contribution in [1.82, 2.24) is 15.2 Å². The molecule has 0 saturated carbocycles.